The third kappa shape index (κ3) is 3.40. The predicted molar refractivity (Wildman–Crippen MR) is 102 cm³/mol. The van der Waals surface area contributed by atoms with Crippen molar-refractivity contribution in [1.82, 2.24) is 9.38 Å². The summed E-state index contributed by atoms with van der Waals surface area (Å²) in [5.74, 6) is 2.06. The van der Waals surface area contributed by atoms with Crippen LogP contribution in [0.25, 0.3) is 5.65 Å². The van der Waals surface area contributed by atoms with Crippen LogP contribution < -0.4 is 9.47 Å². The van der Waals surface area contributed by atoms with Crippen molar-refractivity contribution in [2.75, 3.05) is 14.2 Å². The van der Waals surface area contributed by atoms with E-state index in [4.69, 9.17) is 14.5 Å². The first-order chi connectivity index (χ1) is 12.3. The number of nitrogens with zero attached hydrogens (tertiary/aromatic N) is 4. The van der Waals surface area contributed by atoms with E-state index in [0.717, 1.165) is 22.7 Å². The lowest BCUT2D eigenvalue weighted by atomic mass is 9.92. The molecule has 6 heteroatoms. The van der Waals surface area contributed by atoms with Crippen molar-refractivity contribution in [1.29, 1.82) is 0 Å². The molecule has 0 bridgehead atoms. The zero-order valence-electron chi connectivity index (χ0n) is 16.1. The number of imidazole rings is 1. The van der Waals surface area contributed by atoms with Gasteiger partial charge in [-0.25, -0.2) is 4.98 Å². The molecular weight excluding hydrogens is 328 g/mol. The van der Waals surface area contributed by atoms with Crippen molar-refractivity contribution in [2.24, 2.45) is 10.2 Å². The molecule has 6 nitrogen and oxygen atoms in total. The number of hydrogen-bond acceptors (Lipinski definition) is 5. The van der Waals surface area contributed by atoms with E-state index in [1.54, 1.807) is 20.3 Å². The van der Waals surface area contributed by atoms with Gasteiger partial charge < -0.3 is 9.47 Å². The van der Waals surface area contributed by atoms with Crippen molar-refractivity contribution in [3.05, 3.63) is 47.8 Å². The standard InChI is InChI=1S/C20H24N4O2/c1-13-7-10-17-21-18(20(2,3)4)19(24(17)12-13)23-22-15-11-14(25-5)8-9-16(15)26-6/h7-12H,1-6H3. The molecule has 0 unspecified atom stereocenters. The molecule has 0 saturated heterocycles. The smallest absolute Gasteiger partial charge is 0.183 e. The first-order valence-electron chi connectivity index (χ1n) is 8.46. The molecule has 0 saturated carbocycles. The van der Waals surface area contributed by atoms with Gasteiger partial charge in [0.2, 0.25) is 0 Å². The summed E-state index contributed by atoms with van der Waals surface area (Å²) in [4.78, 5) is 4.77. The molecule has 0 radical (unpaired) electrons. The van der Waals surface area contributed by atoms with Crippen LogP contribution in [0, 0.1) is 6.92 Å². The Labute approximate surface area is 153 Å². The zero-order valence-corrected chi connectivity index (χ0v) is 16.1. The third-order valence-corrected chi connectivity index (χ3v) is 4.09. The molecule has 0 aliphatic rings. The minimum absolute atomic E-state index is 0.160. The lowest BCUT2D eigenvalue weighted by Crippen LogP contribution is -2.11. The van der Waals surface area contributed by atoms with Gasteiger partial charge in [0.1, 0.15) is 22.8 Å². The van der Waals surface area contributed by atoms with Gasteiger partial charge in [0.15, 0.2) is 5.82 Å². The normalized spacial score (nSPS) is 12.1. The van der Waals surface area contributed by atoms with E-state index in [-0.39, 0.29) is 5.41 Å². The maximum absolute atomic E-state index is 5.39. The van der Waals surface area contributed by atoms with Crippen molar-refractivity contribution in [3.8, 4) is 11.5 Å². The molecule has 3 aromatic rings. The minimum Gasteiger partial charge on any atom is -0.497 e. The molecule has 136 valence electrons. The Morgan fingerprint density at radius 2 is 1.77 bits per heavy atom. The second-order valence-electron chi connectivity index (χ2n) is 7.21. The van der Waals surface area contributed by atoms with Crippen LogP contribution in [0.4, 0.5) is 11.5 Å². The number of fused-ring (bicyclic) bond motifs is 1. The highest BCUT2D eigenvalue weighted by Gasteiger charge is 2.24. The van der Waals surface area contributed by atoms with E-state index in [1.807, 2.05) is 41.8 Å². The number of rotatable bonds is 4. The average molecular weight is 352 g/mol. The van der Waals surface area contributed by atoms with Crippen molar-refractivity contribution in [2.45, 2.75) is 33.1 Å². The Kier molecular flexibility index (Phi) is 4.68. The summed E-state index contributed by atoms with van der Waals surface area (Å²) in [6.07, 6.45) is 2.02. The lowest BCUT2D eigenvalue weighted by Gasteiger charge is -2.15. The van der Waals surface area contributed by atoms with E-state index in [9.17, 15) is 0 Å². The molecule has 0 amide bonds. The summed E-state index contributed by atoms with van der Waals surface area (Å²) >= 11 is 0. The summed E-state index contributed by atoms with van der Waals surface area (Å²) in [6, 6.07) is 9.48. The predicted octanol–water partition coefficient (Wildman–Crippen LogP) is 5.37. The molecule has 26 heavy (non-hydrogen) atoms. The number of pyridine rings is 1. The fraction of sp³-hybridized carbons (Fsp3) is 0.350. The van der Waals surface area contributed by atoms with Crippen LogP contribution in [-0.2, 0) is 5.41 Å². The molecule has 2 heterocycles. The monoisotopic (exact) mass is 352 g/mol. The van der Waals surface area contributed by atoms with E-state index in [1.165, 1.54) is 0 Å². The van der Waals surface area contributed by atoms with Crippen LogP contribution >= 0.6 is 0 Å². The fourth-order valence-corrected chi connectivity index (χ4v) is 2.71. The third-order valence-electron chi connectivity index (χ3n) is 4.09. The number of benzene rings is 1. The van der Waals surface area contributed by atoms with Crippen molar-refractivity contribution < 1.29 is 9.47 Å². The molecular formula is C20H24N4O2. The van der Waals surface area contributed by atoms with Gasteiger partial charge in [-0.05, 0) is 30.7 Å². The Hall–Kier alpha value is -2.89. The summed E-state index contributed by atoms with van der Waals surface area (Å²) in [6.45, 7) is 8.40. The quantitative estimate of drug-likeness (QED) is 0.593. The van der Waals surface area contributed by atoms with Crippen LogP contribution in [-0.4, -0.2) is 23.6 Å². The molecule has 3 rings (SSSR count). The molecule has 0 aliphatic heterocycles. The fourth-order valence-electron chi connectivity index (χ4n) is 2.71. The summed E-state index contributed by atoms with van der Waals surface area (Å²) < 4.78 is 12.6. The number of methoxy groups -OCH3 is 2. The van der Waals surface area contributed by atoms with Gasteiger partial charge in [-0.15, -0.1) is 10.2 Å². The van der Waals surface area contributed by atoms with Gasteiger partial charge in [0, 0.05) is 17.7 Å². The first-order valence-corrected chi connectivity index (χ1v) is 8.46. The van der Waals surface area contributed by atoms with E-state index in [2.05, 4.69) is 31.0 Å². The van der Waals surface area contributed by atoms with E-state index < -0.39 is 0 Å². The molecule has 0 fully saturated rings. The average Bonchev–Trinajstić information content (AvgIpc) is 2.97. The minimum atomic E-state index is -0.160. The molecule has 2 aromatic heterocycles. The Bertz CT molecular complexity index is 968. The van der Waals surface area contributed by atoms with Gasteiger partial charge in [-0.1, -0.05) is 26.8 Å². The Balaban J connectivity index is 2.16. The van der Waals surface area contributed by atoms with Gasteiger partial charge >= 0.3 is 0 Å². The number of ether oxygens (including phenoxy) is 2. The highest BCUT2D eigenvalue weighted by molar-refractivity contribution is 5.57. The number of hydrogen-bond donors (Lipinski definition) is 0. The maximum atomic E-state index is 5.39. The highest BCUT2D eigenvalue weighted by atomic mass is 16.5. The number of aryl methyl sites for hydroxylation is 1. The molecule has 0 aliphatic carbocycles. The van der Waals surface area contributed by atoms with Crippen LogP contribution in [0.3, 0.4) is 0 Å². The summed E-state index contributed by atoms with van der Waals surface area (Å²) in [7, 11) is 3.23. The number of azo groups is 1. The molecule has 0 N–H and O–H groups in total. The Morgan fingerprint density at radius 3 is 2.42 bits per heavy atom. The lowest BCUT2D eigenvalue weighted by molar-refractivity contribution is 0.404. The summed E-state index contributed by atoms with van der Waals surface area (Å²) in [5, 5.41) is 8.99. The van der Waals surface area contributed by atoms with Crippen molar-refractivity contribution in [3.63, 3.8) is 0 Å². The van der Waals surface area contributed by atoms with Crippen LogP contribution in [0.15, 0.2) is 46.8 Å². The molecule has 1 aromatic carbocycles. The maximum Gasteiger partial charge on any atom is 0.183 e. The van der Waals surface area contributed by atoms with E-state index >= 15 is 0 Å². The van der Waals surface area contributed by atoms with E-state index in [0.29, 0.717) is 17.2 Å². The van der Waals surface area contributed by atoms with Crippen LogP contribution in [0.5, 0.6) is 11.5 Å². The second kappa shape index (κ2) is 6.78. The van der Waals surface area contributed by atoms with Crippen LogP contribution in [0.1, 0.15) is 32.0 Å². The van der Waals surface area contributed by atoms with Gasteiger partial charge in [0.25, 0.3) is 0 Å². The summed E-state index contributed by atoms with van der Waals surface area (Å²) in [5.41, 5.74) is 3.33. The van der Waals surface area contributed by atoms with Gasteiger partial charge in [-0.2, -0.15) is 0 Å². The van der Waals surface area contributed by atoms with Gasteiger partial charge in [0.05, 0.1) is 19.9 Å². The second-order valence-corrected chi connectivity index (χ2v) is 7.21. The van der Waals surface area contributed by atoms with Crippen molar-refractivity contribution >= 4 is 17.2 Å². The largest absolute Gasteiger partial charge is 0.497 e. The highest BCUT2D eigenvalue weighted by Crippen LogP contribution is 2.36. The first kappa shape index (κ1) is 17.9. The van der Waals surface area contributed by atoms with Gasteiger partial charge in [-0.3, -0.25) is 4.40 Å². The topological polar surface area (TPSA) is 60.5 Å². The zero-order chi connectivity index (χ0) is 18.9. The van der Waals surface area contributed by atoms with Crippen LogP contribution in [0.2, 0.25) is 0 Å². The Morgan fingerprint density at radius 1 is 1.00 bits per heavy atom. The molecule has 0 atom stereocenters. The number of aromatic nitrogens is 2. The SMILES string of the molecule is COc1ccc(OC)c(N=Nc2c(C(C)(C)C)nc3ccc(C)cn23)c1. The molecule has 0 spiro atoms.